The molecule has 1 heterocycles. The van der Waals surface area contributed by atoms with E-state index in [2.05, 4.69) is 10.3 Å². The fourth-order valence-electron chi connectivity index (χ4n) is 2.83. The van der Waals surface area contributed by atoms with Gasteiger partial charge in [-0.25, -0.2) is 4.98 Å². The summed E-state index contributed by atoms with van der Waals surface area (Å²) >= 11 is 0. The van der Waals surface area contributed by atoms with Gasteiger partial charge >= 0.3 is 0 Å². The standard InChI is InChI=1S/C24H26N2O3/c1-23(2,3)26-22(27)24(28,15-14-18-10-6-4-7-11-18)16-20-17-25-21(29-20)19-12-8-5-9-13-19/h4-15,17,28H,16H2,1-3H3,(H,26,27)/b15-14+. The fraction of sp³-hybridized carbons (Fsp3) is 0.250. The molecule has 1 amide bonds. The van der Waals surface area contributed by atoms with E-state index in [1.807, 2.05) is 81.4 Å². The van der Waals surface area contributed by atoms with Crippen LogP contribution in [0, 0.1) is 0 Å². The lowest BCUT2D eigenvalue weighted by Gasteiger charge is -2.28. The van der Waals surface area contributed by atoms with Crippen LogP contribution in [0.15, 0.2) is 77.4 Å². The first-order valence-electron chi connectivity index (χ1n) is 9.55. The van der Waals surface area contributed by atoms with Crippen LogP contribution in [0.5, 0.6) is 0 Å². The quantitative estimate of drug-likeness (QED) is 0.660. The van der Waals surface area contributed by atoms with Crippen LogP contribution in [0.25, 0.3) is 17.5 Å². The summed E-state index contributed by atoms with van der Waals surface area (Å²) in [5.41, 5.74) is -0.544. The molecule has 29 heavy (non-hydrogen) atoms. The smallest absolute Gasteiger partial charge is 0.256 e. The molecular weight excluding hydrogens is 364 g/mol. The van der Waals surface area contributed by atoms with E-state index < -0.39 is 17.0 Å². The van der Waals surface area contributed by atoms with E-state index in [9.17, 15) is 9.90 Å². The van der Waals surface area contributed by atoms with Crippen LogP contribution in [0.2, 0.25) is 0 Å². The van der Waals surface area contributed by atoms with Crippen LogP contribution in [-0.2, 0) is 11.2 Å². The van der Waals surface area contributed by atoms with Crippen molar-refractivity contribution in [1.82, 2.24) is 10.3 Å². The minimum absolute atomic E-state index is 0.0297. The van der Waals surface area contributed by atoms with Gasteiger partial charge in [-0.05, 0) is 44.5 Å². The minimum atomic E-state index is -1.78. The third-order valence-electron chi connectivity index (χ3n) is 4.25. The van der Waals surface area contributed by atoms with E-state index in [0.717, 1.165) is 11.1 Å². The second-order valence-electron chi connectivity index (χ2n) is 8.05. The first-order valence-corrected chi connectivity index (χ1v) is 9.55. The van der Waals surface area contributed by atoms with Gasteiger partial charge in [0.2, 0.25) is 5.89 Å². The van der Waals surface area contributed by atoms with E-state index in [1.165, 1.54) is 6.08 Å². The van der Waals surface area contributed by atoms with Crippen molar-refractivity contribution in [1.29, 1.82) is 0 Å². The zero-order valence-corrected chi connectivity index (χ0v) is 16.9. The summed E-state index contributed by atoms with van der Waals surface area (Å²) in [5, 5.41) is 14.1. The van der Waals surface area contributed by atoms with Gasteiger partial charge in [-0.1, -0.05) is 54.6 Å². The molecule has 1 aromatic heterocycles. The van der Waals surface area contributed by atoms with Crippen LogP contribution < -0.4 is 5.32 Å². The van der Waals surface area contributed by atoms with Crippen molar-refractivity contribution in [2.24, 2.45) is 0 Å². The average molecular weight is 390 g/mol. The molecule has 5 nitrogen and oxygen atoms in total. The van der Waals surface area contributed by atoms with Crippen molar-refractivity contribution in [3.8, 4) is 11.5 Å². The first kappa shape index (κ1) is 20.6. The van der Waals surface area contributed by atoms with Crippen LogP contribution in [0.1, 0.15) is 32.1 Å². The number of nitrogens with one attached hydrogen (secondary N) is 1. The zero-order valence-electron chi connectivity index (χ0n) is 16.9. The third kappa shape index (κ3) is 5.65. The third-order valence-corrected chi connectivity index (χ3v) is 4.25. The van der Waals surface area contributed by atoms with E-state index in [4.69, 9.17) is 4.42 Å². The van der Waals surface area contributed by atoms with Gasteiger partial charge in [0.05, 0.1) is 6.20 Å². The number of carbonyl (C=O) groups excluding carboxylic acids is 1. The fourth-order valence-corrected chi connectivity index (χ4v) is 2.83. The Morgan fingerprint density at radius 1 is 1.07 bits per heavy atom. The number of benzene rings is 2. The lowest BCUT2D eigenvalue weighted by molar-refractivity contribution is -0.137. The van der Waals surface area contributed by atoms with Crippen molar-refractivity contribution in [3.05, 3.63) is 84.3 Å². The topological polar surface area (TPSA) is 75.4 Å². The number of aromatic nitrogens is 1. The van der Waals surface area contributed by atoms with Crippen LogP contribution in [-0.4, -0.2) is 27.1 Å². The van der Waals surface area contributed by atoms with Crippen LogP contribution >= 0.6 is 0 Å². The van der Waals surface area contributed by atoms with Gasteiger partial charge in [0, 0.05) is 17.5 Å². The summed E-state index contributed by atoms with van der Waals surface area (Å²) in [6.07, 6.45) is 4.76. The molecule has 0 saturated heterocycles. The van der Waals surface area contributed by atoms with E-state index in [-0.39, 0.29) is 6.42 Å². The molecule has 0 fully saturated rings. The van der Waals surface area contributed by atoms with Crippen LogP contribution in [0.4, 0.5) is 0 Å². The Balaban J connectivity index is 1.88. The van der Waals surface area contributed by atoms with Gasteiger partial charge in [-0.15, -0.1) is 0 Å². The van der Waals surface area contributed by atoms with Crippen molar-refractivity contribution < 1.29 is 14.3 Å². The Morgan fingerprint density at radius 3 is 2.31 bits per heavy atom. The molecule has 2 N–H and O–H groups in total. The molecule has 0 aliphatic carbocycles. The Morgan fingerprint density at radius 2 is 1.69 bits per heavy atom. The highest BCUT2D eigenvalue weighted by molar-refractivity contribution is 5.89. The number of carbonyl (C=O) groups is 1. The second-order valence-corrected chi connectivity index (χ2v) is 8.05. The van der Waals surface area contributed by atoms with Gasteiger partial charge in [-0.2, -0.15) is 0 Å². The maximum absolute atomic E-state index is 12.9. The summed E-state index contributed by atoms with van der Waals surface area (Å²) in [6, 6.07) is 19.0. The molecule has 1 unspecified atom stereocenters. The number of oxazole rings is 1. The Bertz CT molecular complexity index is 972. The zero-order chi connectivity index (χ0) is 20.9. The van der Waals surface area contributed by atoms with E-state index in [0.29, 0.717) is 11.7 Å². The number of hydrogen-bond acceptors (Lipinski definition) is 4. The molecule has 0 saturated carbocycles. The molecule has 5 heteroatoms. The molecule has 150 valence electrons. The summed E-state index contributed by atoms with van der Waals surface area (Å²) in [7, 11) is 0. The molecule has 3 aromatic rings. The van der Waals surface area contributed by atoms with Crippen LogP contribution in [0.3, 0.4) is 0 Å². The highest BCUT2D eigenvalue weighted by Crippen LogP contribution is 2.24. The molecule has 3 rings (SSSR count). The molecule has 0 aliphatic heterocycles. The normalized spacial score (nSPS) is 13.9. The molecule has 1 atom stereocenters. The predicted molar refractivity (Wildman–Crippen MR) is 114 cm³/mol. The number of hydrogen-bond donors (Lipinski definition) is 2. The van der Waals surface area contributed by atoms with Crippen molar-refractivity contribution in [2.45, 2.75) is 38.3 Å². The van der Waals surface area contributed by atoms with Gasteiger partial charge in [-0.3, -0.25) is 4.79 Å². The highest BCUT2D eigenvalue weighted by Gasteiger charge is 2.36. The molecule has 2 aromatic carbocycles. The second kappa shape index (κ2) is 8.45. The van der Waals surface area contributed by atoms with E-state index in [1.54, 1.807) is 12.3 Å². The monoisotopic (exact) mass is 390 g/mol. The molecule has 0 aliphatic rings. The van der Waals surface area contributed by atoms with Crippen molar-refractivity contribution in [3.63, 3.8) is 0 Å². The number of amides is 1. The summed E-state index contributed by atoms with van der Waals surface area (Å²) in [5.74, 6) is 0.384. The maximum atomic E-state index is 12.9. The van der Waals surface area contributed by atoms with Gasteiger partial charge in [0.25, 0.3) is 5.91 Å². The number of rotatable bonds is 6. The lowest BCUT2D eigenvalue weighted by atomic mass is 9.94. The van der Waals surface area contributed by atoms with Crippen molar-refractivity contribution in [2.75, 3.05) is 0 Å². The number of aliphatic hydroxyl groups is 1. The van der Waals surface area contributed by atoms with Crippen molar-refractivity contribution >= 4 is 12.0 Å². The number of nitrogens with zero attached hydrogens (tertiary/aromatic N) is 1. The molecule has 0 spiro atoms. The summed E-state index contributed by atoms with van der Waals surface area (Å²) in [6.45, 7) is 5.61. The molecular formula is C24H26N2O3. The maximum Gasteiger partial charge on any atom is 0.256 e. The highest BCUT2D eigenvalue weighted by atomic mass is 16.4. The summed E-state index contributed by atoms with van der Waals surface area (Å²) < 4.78 is 5.81. The largest absolute Gasteiger partial charge is 0.441 e. The summed E-state index contributed by atoms with van der Waals surface area (Å²) in [4.78, 5) is 17.2. The SMILES string of the molecule is CC(C)(C)NC(=O)C(O)(/C=C/c1ccccc1)Cc1cnc(-c2ccccc2)o1. The van der Waals surface area contributed by atoms with Gasteiger partial charge < -0.3 is 14.8 Å². The minimum Gasteiger partial charge on any atom is -0.441 e. The average Bonchev–Trinajstić information content (AvgIpc) is 3.15. The van der Waals surface area contributed by atoms with Gasteiger partial charge in [0.15, 0.2) is 5.60 Å². The first-order chi connectivity index (χ1) is 13.8. The van der Waals surface area contributed by atoms with Gasteiger partial charge in [0.1, 0.15) is 5.76 Å². The Kier molecular flexibility index (Phi) is 5.99. The Labute approximate surface area is 171 Å². The molecule has 0 radical (unpaired) electrons. The molecule has 0 bridgehead atoms. The predicted octanol–water partition coefficient (Wildman–Crippen LogP) is 4.24. The lowest BCUT2D eigenvalue weighted by Crippen LogP contribution is -2.53. The Hall–Kier alpha value is -3.18. The van der Waals surface area contributed by atoms with E-state index >= 15 is 0 Å².